The topological polar surface area (TPSA) is 66.7 Å². The van der Waals surface area contributed by atoms with Crippen molar-refractivity contribution in [1.82, 2.24) is 4.90 Å². The Balaban J connectivity index is 1.71. The van der Waals surface area contributed by atoms with Gasteiger partial charge in [0.25, 0.3) is 11.6 Å². The number of hydrogen-bond acceptors (Lipinski definition) is 4. The van der Waals surface area contributed by atoms with E-state index in [1.165, 1.54) is 18.2 Å². The maximum absolute atomic E-state index is 12.8. The van der Waals surface area contributed by atoms with E-state index < -0.39 is 4.92 Å². The van der Waals surface area contributed by atoms with Crippen LogP contribution in [0.15, 0.2) is 36.4 Å². The number of non-ortho nitro benzene ring substituents is 1. The number of rotatable bonds is 3. The molecule has 2 aromatic rings. The third kappa shape index (κ3) is 3.61. The van der Waals surface area contributed by atoms with E-state index in [-0.39, 0.29) is 11.6 Å². The third-order valence-electron chi connectivity index (χ3n) is 4.49. The Morgan fingerprint density at radius 3 is 2.42 bits per heavy atom. The fourth-order valence-electron chi connectivity index (χ4n) is 3.06. The number of hydrogen-bond donors (Lipinski definition) is 0. The van der Waals surface area contributed by atoms with Crippen LogP contribution in [0.1, 0.15) is 15.9 Å². The van der Waals surface area contributed by atoms with Crippen LogP contribution in [0.2, 0.25) is 10.0 Å². The highest BCUT2D eigenvalue weighted by Gasteiger charge is 2.25. The van der Waals surface area contributed by atoms with Gasteiger partial charge in [0.05, 0.1) is 20.7 Å². The second kappa shape index (κ2) is 7.51. The molecule has 0 N–H and O–H groups in total. The van der Waals surface area contributed by atoms with Crippen molar-refractivity contribution in [3.63, 3.8) is 0 Å². The molecule has 1 aliphatic heterocycles. The first-order valence-corrected chi connectivity index (χ1v) is 8.87. The minimum atomic E-state index is -0.464. The number of amides is 1. The van der Waals surface area contributed by atoms with E-state index in [1.54, 1.807) is 17.9 Å². The second-order valence-corrected chi connectivity index (χ2v) is 6.89. The first kappa shape index (κ1) is 18.5. The number of nitrogens with zero attached hydrogens (tertiary/aromatic N) is 3. The Kier molecular flexibility index (Phi) is 5.34. The van der Waals surface area contributed by atoms with Gasteiger partial charge in [0.1, 0.15) is 0 Å². The predicted octanol–water partition coefficient (Wildman–Crippen LogP) is 4.17. The highest BCUT2D eigenvalue weighted by molar-refractivity contribution is 6.43. The van der Waals surface area contributed by atoms with Gasteiger partial charge in [-0.2, -0.15) is 0 Å². The second-order valence-electron chi connectivity index (χ2n) is 6.11. The number of halogens is 2. The number of nitro benzene ring substituents is 1. The molecule has 6 nitrogen and oxygen atoms in total. The molecule has 2 aromatic carbocycles. The number of nitro groups is 1. The molecule has 0 spiro atoms. The van der Waals surface area contributed by atoms with E-state index in [2.05, 4.69) is 4.90 Å². The van der Waals surface area contributed by atoms with Crippen LogP contribution in [0, 0.1) is 17.0 Å². The van der Waals surface area contributed by atoms with Gasteiger partial charge < -0.3 is 9.80 Å². The quantitative estimate of drug-likeness (QED) is 0.579. The van der Waals surface area contributed by atoms with Crippen LogP contribution in [-0.2, 0) is 0 Å². The molecule has 1 fully saturated rings. The summed E-state index contributed by atoms with van der Waals surface area (Å²) >= 11 is 12.3. The largest absolute Gasteiger partial charge is 0.367 e. The van der Waals surface area contributed by atoms with Crippen LogP contribution in [-0.4, -0.2) is 41.9 Å². The third-order valence-corrected chi connectivity index (χ3v) is 5.30. The van der Waals surface area contributed by atoms with E-state index in [9.17, 15) is 14.9 Å². The number of aryl methyl sites for hydroxylation is 1. The lowest BCUT2D eigenvalue weighted by Crippen LogP contribution is -2.49. The summed E-state index contributed by atoms with van der Waals surface area (Å²) in [7, 11) is 0. The zero-order valence-electron chi connectivity index (χ0n) is 14.1. The predicted molar refractivity (Wildman–Crippen MR) is 102 cm³/mol. The van der Waals surface area contributed by atoms with Gasteiger partial charge in [-0.3, -0.25) is 14.9 Å². The van der Waals surface area contributed by atoms with Crippen molar-refractivity contribution in [1.29, 1.82) is 0 Å². The maximum Gasteiger partial charge on any atom is 0.269 e. The van der Waals surface area contributed by atoms with E-state index in [4.69, 9.17) is 23.2 Å². The minimum Gasteiger partial charge on any atom is -0.367 e. The average Bonchev–Trinajstić information content (AvgIpc) is 2.63. The van der Waals surface area contributed by atoms with Crippen LogP contribution in [0.3, 0.4) is 0 Å². The van der Waals surface area contributed by atoms with Gasteiger partial charge in [0.15, 0.2) is 0 Å². The SMILES string of the molecule is Cc1cc([N+](=O)[O-])ccc1C(=O)N1CCN(c2cccc(Cl)c2Cl)CC1. The number of carbonyl (C=O) groups is 1. The molecule has 26 heavy (non-hydrogen) atoms. The average molecular weight is 394 g/mol. The molecule has 1 saturated heterocycles. The van der Waals surface area contributed by atoms with Crippen LogP contribution in [0.4, 0.5) is 11.4 Å². The maximum atomic E-state index is 12.8. The summed E-state index contributed by atoms with van der Waals surface area (Å²) in [5.74, 6) is -0.116. The highest BCUT2D eigenvalue weighted by Crippen LogP contribution is 2.33. The van der Waals surface area contributed by atoms with Crippen LogP contribution in [0.5, 0.6) is 0 Å². The molecule has 8 heteroatoms. The first-order chi connectivity index (χ1) is 12.4. The van der Waals surface area contributed by atoms with Gasteiger partial charge in [0.2, 0.25) is 0 Å². The normalized spacial score (nSPS) is 14.4. The first-order valence-electron chi connectivity index (χ1n) is 8.12. The lowest BCUT2D eigenvalue weighted by Gasteiger charge is -2.36. The lowest BCUT2D eigenvalue weighted by atomic mass is 10.1. The molecular formula is C18H17Cl2N3O3. The Morgan fingerprint density at radius 1 is 1.12 bits per heavy atom. The standard InChI is InChI=1S/C18H17Cl2N3O3/c1-12-11-13(23(25)26)5-6-14(12)18(24)22-9-7-21(8-10-22)16-4-2-3-15(19)17(16)20/h2-6,11H,7-10H2,1H3. The molecule has 1 aliphatic rings. The fraction of sp³-hybridized carbons (Fsp3) is 0.278. The summed E-state index contributed by atoms with van der Waals surface area (Å²) in [6, 6.07) is 9.81. The van der Waals surface area contributed by atoms with Crippen LogP contribution >= 0.6 is 23.2 Å². The Hall–Kier alpha value is -2.31. The molecule has 3 rings (SSSR count). The molecule has 136 valence electrons. The molecule has 0 radical (unpaired) electrons. The summed E-state index contributed by atoms with van der Waals surface area (Å²) in [6.07, 6.45) is 0. The molecular weight excluding hydrogens is 377 g/mol. The summed E-state index contributed by atoms with van der Waals surface area (Å²) in [6.45, 7) is 4.06. The Bertz CT molecular complexity index is 865. The smallest absolute Gasteiger partial charge is 0.269 e. The molecule has 1 heterocycles. The van der Waals surface area contributed by atoms with E-state index in [0.717, 1.165) is 5.69 Å². The summed E-state index contributed by atoms with van der Waals surface area (Å²) in [5, 5.41) is 11.9. The van der Waals surface area contributed by atoms with Crippen molar-refractivity contribution in [3.05, 3.63) is 67.7 Å². The van der Waals surface area contributed by atoms with E-state index in [1.807, 2.05) is 12.1 Å². The monoisotopic (exact) mass is 393 g/mol. The lowest BCUT2D eigenvalue weighted by molar-refractivity contribution is -0.384. The fourth-order valence-corrected chi connectivity index (χ4v) is 3.47. The van der Waals surface area contributed by atoms with Crippen molar-refractivity contribution in [2.24, 2.45) is 0 Å². The summed E-state index contributed by atoms with van der Waals surface area (Å²) < 4.78 is 0. The van der Waals surface area contributed by atoms with Crippen molar-refractivity contribution in [2.45, 2.75) is 6.92 Å². The van der Waals surface area contributed by atoms with Crippen molar-refractivity contribution in [2.75, 3.05) is 31.1 Å². The number of benzene rings is 2. The molecule has 1 amide bonds. The van der Waals surface area contributed by atoms with Crippen molar-refractivity contribution < 1.29 is 9.72 Å². The Labute approximate surface area is 161 Å². The van der Waals surface area contributed by atoms with Gasteiger partial charge in [0, 0.05) is 43.9 Å². The number of anilines is 1. The highest BCUT2D eigenvalue weighted by atomic mass is 35.5. The molecule has 0 bridgehead atoms. The zero-order chi connectivity index (χ0) is 18.8. The van der Waals surface area contributed by atoms with Gasteiger partial charge >= 0.3 is 0 Å². The van der Waals surface area contributed by atoms with Gasteiger partial charge in [-0.25, -0.2) is 0 Å². The van der Waals surface area contributed by atoms with Gasteiger partial charge in [-0.15, -0.1) is 0 Å². The summed E-state index contributed by atoms with van der Waals surface area (Å²) in [5.41, 5.74) is 1.94. The van der Waals surface area contributed by atoms with Crippen molar-refractivity contribution >= 4 is 40.5 Å². The van der Waals surface area contributed by atoms with E-state index >= 15 is 0 Å². The number of carbonyl (C=O) groups excluding carboxylic acids is 1. The van der Waals surface area contributed by atoms with E-state index in [0.29, 0.717) is 47.4 Å². The molecule has 0 atom stereocenters. The summed E-state index contributed by atoms with van der Waals surface area (Å²) in [4.78, 5) is 27.0. The van der Waals surface area contributed by atoms with Crippen LogP contribution in [0.25, 0.3) is 0 Å². The Morgan fingerprint density at radius 2 is 1.81 bits per heavy atom. The zero-order valence-corrected chi connectivity index (χ0v) is 15.6. The van der Waals surface area contributed by atoms with Crippen molar-refractivity contribution in [3.8, 4) is 0 Å². The molecule has 0 aromatic heterocycles. The van der Waals surface area contributed by atoms with Crippen LogP contribution < -0.4 is 4.90 Å². The molecule has 0 aliphatic carbocycles. The van der Waals surface area contributed by atoms with Gasteiger partial charge in [-0.1, -0.05) is 29.3 Å². The molecule has 0 saturated carbocycles. The number of piperazine rings is 1. The van der Waals surface area contributed by atoms with Gasteiger partial charge in [-0.05, 0) is 30.7 Å². The minimum absolute atomic E-state index is 0.0144. The molecule has 0 unspecified atom stereocenters.